The molecule has 12 heteroatoms. The molecule has 0 atom stereocenters. The quantitative estimate of drug-likeness (QED) is 0.325. The SMILES string of the molecule is CN(C)C(=O)C(=N)/C(=C\NCC(F)(F)F)CCC(=O)c1nc(C2CC2)ccc1Nc1cncnc1. The molecule has 2 aromatic rings. The molecule has 2 aromatic heterocycles. The van der Waals surface area contributed by atoms with Gasteiger partial charge in [-0.05, 0) is 37.0 Å². The average molecular weight is 490 g/mol. The molecule has 3 N–H and O–H groups in total. The molecule has 1 amide bonds. The van der Waals surface area contributed by atoms with Gasteiger partial charge in [-0.25, -0.2) is 15.0 Å². The molecule has 1 aliphatic carbocycles. The van der Waals surface area contributed by atoms with Crippen molar-refractivity contribution in [2.75, 3.05) is 26.0 Å². The van der Waals surface area contributed by atoms with Crippen molar-refractivity contribution in [2.45, 2.75) is 37.8 Å². The summed E-state index contributed by atoms with van der Waals surface area (Å²) in [5.41, 5.74) is 1.46. The smallest absolute Gasteiger partial charge is 0.382 e. The normalized spacial score (nSPS) is 13.8. The van der Waals surface area contributed by atoms with Gasteiger partial charge in [0.1, 0.15) is 24.3 Å². The maximum Gasteiger partial charge on any atom is 0.405 e. The van der Waals surface area contributed by atoms with E-state index in [9.17, 15) is 22.8 Å². The van der Waals surface area contributed by atoms with Crippen molar-refractivity contribution in [3.05, 3.63) is 54.0 Å². The largest absolute Gasteiger partial charge is 0.405 e. The lowest BCUT2D eigenvalue weighted by Gasteiger charge is -2.15. The molecule has 1 aliphatic rings. The molecule has 0 aliphatic heterocycles. The van der Waals surface area contributed by atoms with Crippen molar-refractivity contribution in [3.63, 3.8) is 0 Å². The Hall–Kier alpha value is -3.83. The predicted molar refractivity (Wildman–Crippen MR) is 124 cm³/mol. The fourth-order valence-corrected chi connectivity index (χ4v) is 3.20. The second-order valence-electron chi connectivity index (χ2n) is 8.32. The summed E-state index contributed by atoms with van der Waals surface area (Å²) in [7, 11) is 2.86. The molecule has 9 nitrogen and oxygen atoms in total. The first-order valence-corrected chi connectivity index (χ1v) is 10.9. The van der Waals surface area contributed by atoms with Crippen LogP contribution in [0.4, 0.5) is 24.5 Å². The van der Waals surface area contributed by atoms with Gasteiger partial charge < -0.3 is 15.5 Å². The molecule has 2 heterocycles. The van der Waals surface area contributed by atoms with Crippen LogP contribution in [0.2, 0.25) is 0 Å². The second kappa shape index (κ2) is 11.1. The minimum atomic E-state index is -4.47. The highest BCUT2D eigenvalue weighted by atomic mass is 19.4. The fourth-order valence-electron chi connectivity index (χ4n) is 3.20. The number of pyridine rings is 1. The van der Waals surface area contributed by atoms with E-state index in [1.165, 1.54) is 32.8 Å². The first-order valence-electron chi connectivity index (χ1n) is 10.9. The van der Waals surface area contributed by atoms with Gasteiger partial charge in [-0.1, -0.05) is 0 Å². The summed E-state index contributed by atoms with van der Waals surface area (Å²) in [6.45, 7) is -1.33. The van der Waals surface area contributed by atoms with Gasteiger partial charge in [0.05, 0.1) is 23.8 Å². The van der Waals surface area contributed by atoms with Gasteiger partial charge in [-0.15, -0.1) is 0 Å². The molecule has 35 heavy (non-hydrogen) atoms. The van der Waals surface area contributed by atoms with Crippen LogP contribution in [0.3, 0.4) is 0 Å². The molecule has 1 fully saturated rings. The molecule has 0 bridgehead atoms. The van der Waals surface area contributed by atoms with E-state index in [1.807, 2.05) is 6.07 Å². The van der Waals surface area contributed by atoms with Crippen LogP contribution in [0.5, 0.6) is 0 Å². The number of nitrogens with zero attached hydrogens (tertiary/aromatic N) is 4. The lowest BCUT2D eigenvalue weighted by Crippen LogP contribution is -2.32. The highest BCUT2D eigenvalue weighted by Crippen LogP contribution is 2.40. The third-order valence-electron chi connectivity index (χ3n) is 5.16. The van der Waals surface area contributed by atoms with Gasteiger partial charge in [-0.2, -0.15) is 13.2 Å². The van der Waals surface area contributed by atoms with Crippen LogP contribution in [0.1, 0.15) is 47.8 Å². The van der Waals surface area contributed by atoms with Crippen molar-refractivity contribution < 1.29 is 22.8 Å². The monoisotopic (exact) mass is 489 g/mol. The average Bonchev–Trinajstić information content (AvgIpc) is 3.66. The summed E-state index contributed by atoms with van der Waals surface area (Å²) < 4.78 is 37.7. The van der Waals surface area contributed by atoms with Gasteiger partial charge in [0, 0.05) is 38.3 Å². The Bertz CT molecular complexity index is 1110. The Morgan fingerprint density at radius 1 is 1.17 bits per heavy atom. The summed E-state index contributed by atoms with van der Waals surface area (Å²) in [5, 5.41) is 13.3. The topological polar surface area (TPSA) is 124 Å². The number of ketones is 1. The van der Waals surface area contributed by atoms with Crippen molar-refractivity contribution in [1.29, 1.82) is 5.41 Å². The summed E-state index contributed by atoms with van der Waals surface area (Å²) in [4.78, 5) is 39.0. The zero-order chi connectivity index (χ0) is 25.6. The number of rotatable bonds is 11. The minimum Gasteiger partial charge on any atom is -0.382 e. The maximum absolute atomic E-state index is 13.2. The van der Waals surface area contributed by atoms with Crippen LogP contribution in [-0.4, -0.2) is 64.1 Å². The van der Waals surface area contributed by atoms with Crippen molar-refractivity contribution in [1.82, 2.24) is 25.2 Å². The van der Waals surface area contributed by atoms with E-state index in [-0.39, 0.29) is 29.9 Å². The first-order chi connectivity index (χ1) is 16.5. The molecule has 0 radical (unpaired) electrons. The van der Waals surface area contributed by atoms with E-state index in [0.717, 1.165) is 29.6 Å². The number of hydrogen-bond acceptors (Lipinski definition) is 8. The maximum atomic E-state index is 13.2. The molecule has 1 saturated carbocycles. The van der Waals surface area contributed by atoms with Crippen LogP contribution in [0.15, 0.2) is 42.6 Å². The van der Waals surface area contributed by atoms with Crippen LogP contribution >= 0.6 is 0 Å². The Morgan fingerprint density at radius 3 is 2.46 bits per heavy atom. The van der Waals surface area contributed by atoms with Crippen LogP contribution in [0.25, 0.3) is 0 Å². The van der Waals surface area contributed by atoms with Crippen LogP contribution < -0.4 is 10.6 Å². The third kappa shape index (κ3) is 7.59. The lowest BCUT2D eigenvalue weighted by molar-refractivity contribution is -0.123. The van der Waals surface area contributed by atoms with Crippen LogP contribution in [0, 0.1) is 5.41 Å². The molecule has 0 aromatic carbocycles. The molecular formula is C23H26F3N7O2. The number of carbonyl (C=O) groups is 2. The van der Waals surface area contributed by atoms with Crippen LogP contribution in [-0.2, 0) is 4.79 Å². The summed E-state index contributed by atoms with van der Waals surface area (Å²) in [6.07, 6.45) is 2.64. The van der Waals surface area contributed by atoms with E-state index in [2.05, 4.69) is 25.6 Å². The highest BCUT2D eigenvalue weighted by molar-refractivity contribution is 6.43. The van der Waals surface area contributed by atoms with Gasteiger partial charge in [-0.3, -0.25) is 15.0 Å². The number of aromatic nitrogens is 3. The summed E-state index contributed by atoms with van der Waals surface area (Å²) in [6, 6.07) is 3.60. The number of nitrogens with one attached hydrogen (secondary N) is 3. The standard InChI is InChI=1S/C23H26F3N7O2/c1-33(2)22(35)20(27)15(9-28-12-23(24,25)26)5-8-19(34)21-18(31-16-10-29-13-30-11-16)7-6-17(32-21)14-3-4-14/h6-7,9-11,13-14,27-28,31H,3-5,8,12H2,1-2H3/b15-9-,27-20?. The molecule has 0 saturated heterocycles. The fraction of sp³-hybridized carbons (Fsp3) is 0.391. The molecule has 0 unspecified atom stereocenters. The second-order valence-corrected chi connectivity index (χ2v) is 8.32. The summed E-state index contributed by atoms with van der Waals surface area (Å²) >= 11 is 0. The number of Topliss-reactive ketones (excluding diaryl/α,β-unsaturated/α-hetero) is 1. The predicted octanol–water partition coefficient (Wildman–Crippen LogP) is 3.60. The Labute approximate surface area is 200 Å². The number of hydrogen-bond donors (Lipinski definition) is 3. The molecular weight excluding hydrogens is 463 g/mol. The van der Waals surface area contributed by atoms with E-state index in [4.69, 9.17) is 5.41 Å². The molecule has 0 spiro atoms. The van der Waals surface area contributed by atoms with Crippen molar-refractivity contribution in [3.8, 4) is 0 Å². The zero-order valence-corrected chi connectivity index (χ0v) is 19.3. The molecule has 186 valence electrons. The van der Waals surface area contributed by atoms with Gasteiger partial charge in [0.2, 0.25) is 0 Å². The zero-order valence-electron chi connectivity index (χ0n) is 19.3. The van der Waals surface area contributed by atoms with E-state index in [1.54, 1.807) is 6.07 Å². The van der Waals surface area contributed by atoms with E-state index in [0.29, 0.717) is 17.3 Å². The minimum absolute atomic E-state index is 0.00869. The molecule has 3 rings (SSSR count). The number of halogens is 3. The number of anilines is 2. The Morgan fingerprint density at radius 2 is 1.86 bits per heavy atom. The first kappa shape index (κ1) is 25.8. The summed E-state index contributed by atoms with van der Waals surface area (Å²) in [5.74, 6) is -0.764. The highest BCUT2D eigenvalue weighted by Gasteiger charge is 2.28. The van der Waals surface area contributed by atoms with Gasteiger partial charge >= 0.3 is 6.18 Å². The number of carbonyl (C=O) groups excluding carboxylic acids is 2. The Balaban J connectivity index is 1.81. The van der Waals surface area contributed by atoms with Crippen molar-refractivity contribution in [2.24, 2.45) is 0 Å². The van der Waals surface area contributed by atoms with E-state index >= 15 is 0 Å². The third-order valence-corrected chi connectivity index (χ3v) is 5.16. The number of alkyl halides is 3. The van der Waals surface area contributed by atoms with Gasteiger partial charge in [0.25, 0.3) is 5.91 Å². The van der Waals surface area contributed by atoms with Crippen molar-refractivity contribution >= 4 is 28.8 Å². The lowest BCUT2D eigenvalue weighted by atomic mass is 10.0. The van der Waals surface area contributed by atoms with E-state index < -0.39 is 24.3 Å². The van der Waals surface area contributed by atoms with Gasteiger partial charge in [0.15, 0.2) is 5.78 Å². The number of amides is 1. The Kier molecular flexibility index (Phi) is 8.15.